The molecule has 6 rings (SSSR count). The molecule has 13 nitrogen and oxygen atoms in total. The van der Waals surface area contributed by atoms with Gasteiger partial charge in [0, 0.05) is 0 Å². The van der Waals surface area contributed by atoms with Gasteiger partial charge in [0.05, 0.1) is 37.1 Å². The van der Waals surface area contributed by atoms with E-state index in [1.807, 2.05) is 13.8 Å². The van der Waals surface area contributed by atoms with Gasteiger partial charge in [-0.05, 0) is 117 Å². The summed E-state index contributed by atoms with van der Waals surface area (Å²) in [5.41, 5.74) is -1.43. The highest BCUT2D eigenvalue weighted by atomic mass is 16.7. The Hall–Kier alpha value is -0.780. The number of fused-ring (bicyclic) bond motifs is 5. The summed E-state index contributed by atoms with van der Waals surface area (Å²) in [6.07, 6.45) is -8.40. The molecule has 6 fully saturated rings. The van der Waals surface area contributed by atoms with Crippen molar-refractivity contribution in [2.45, 2.75) is 185 Å². The molecule has 0 bridgehead atoms. The molecule has 6 aliphatic rings. The summed E-state index contributed by atoms with van der Waals surface area (Å²) in [7, 11) is 0. The average molecular weight is 771 g/mol. The maximum atomic E-state index is 12.4. The van der Waals surface area contributed by atoms with Gasteiger partial charge in [-0.1, -0.05) is 40.2 Å². The molecule has 0 spiro atoms. The first-order valence-electron chi connectivity index (χ1n) is 20.4. The molecule has 20 atom stereocenters. The summed E-state index contributed by atoms with van der Waals surface area (Å²) in [5, 5.41) is 98.8. The molecule has 0 amide bonds. The summed E-state index contributed by atoms with van der Waals surface area (Å²) in [6, 6.07) is 0. The lowest BCUT2D eigenvalue weighted by Crippen LogP contribution is -2.70. The maximum absolute atomic E-state index is 12.4. The van der Waals surface area contributed by atoms with Gasteiger partial charge in [0.2, 0.25) is 0 Å². The first kappa shape index (κ1) is 42.8. The molecule has 312 valence electrons. The van der Waals surface area contributed by atoms with Crippen LogP contribution in [-0.4, -0.2) is 138 Å². The van der Waals surface area contributed by atoms with Crippen LogP contribution in [0.15, 0.2) is 12.2 Å². The lowest BCUT2D eigenvalue weighted by molar-refractivity contribution is -0.342. The second kappa shape index (κ2) is 15.1. The molecule has 9 N–H and O–H groups in total. The van der Waals surface area contributed by atoms with Crippen molar-refractivity contribution in [2.75, 3.05) is 13.2 Å². The third kappa shape index (κ3) is 6.76. The Kier molecular flexibility index (Phi) is 12.0. The lowest BCUT2D eigenvalue weighted by Gasteiger charge is -2.71. The molecule has 54 heavy (non-hydrogen) atoms. The van der Waals surface area contributed by atoms with Gasteiger partial charge in [-0.25, -0.2) is 0 Å². The summed E-state index contributed by atoms with van der Waals surface area (Å²) >= 11 is 0. The number of aliphatic hydroxyl groups is 9. The number of rotatable bonds is 11. The zero-order chi connectivity index (χ0) is 39.9. The van der Waals surface area contributed by atoms with E-state index in [9.17, 15) is 46.0 Å². The van der Waals surface area contributed by atoms with E-state index in [-0.39, 0.29) is 46.5 Å². The number of aliphatic hydroxyl groups excluding tert-OH is 9. The van der Waals surface area contributed by atoms with Gasteiger partial charge in [-0.15, -0.1) is 6.58 Å². The van der Waals surface area contributed by atoms with Crippen LogP contribution < -0.4 is 0 Å². The first-order valence-corrected chi connectivity index (χ1v) is 20.4. The zero-order valence-electron chi connectivity index (χ0n) is 33.4. The van der Waals surface area contributed by atoms with E-state index in [2.05, 4.69) is 41.2 Å². The third-order valence-corrected chi connectivity index (χ3v) is 16.3. The standard InChI is InChI=1S/C41H70O13/c1-20(2)10-9-13-41(8,54-36-33(50)31(48)30(47)25(53-36)19-51-35-32(49)29(46)24(18-42)52-35)21-11-15-39(6)28(21)22(43)16-26-38(5)14-12-27(45)37(3,4)34(38)23(44)17-40(26,39)7/h21-36,42-50H,1,9-19H2,2-8H3/t21-,22+,23-,24-,25+,26+,27-,28-,29-,30+,31-,32+,33+,34-,35+,36-,38+,39+,40+,41+/m0/s1. The molecule has 0 aromatic carbocycles. The van der Waals surface area contributed by atoms with Crippen LogP contribution in [0.2, 0.25) is 0 Å². The molecule has 0 radical (unpaired) electrons. The molecule has 2 saturated heterocycles. The van der Waals surface area contributed by atoms with Crippen molar-refractivity contribution in [3.8, 4) is 0 Å². The van der Waals surface area contributed by atoms with Crippen LogP contribution >= 0.6 is 0 Å². The minimum Gasteiger partial charge on any atom is -0.394 e. The fourth-order valence-electron chi connectivity index (χ4n) is 13.3. The molecule has 0 aromatic heterocycles. The van der Waals surface area contributed by atoms with E-state index >= 15 is 0 Å². The molecule has 2 heterocycles. The van der Waals surface area contributed by atoms with Gasteiger partial charge < -0.3 is 64.9 Å². The van der Waals surface area contributed by atoms with Crippen LogP contribution in [0, 0.1) is 45.3 Å². The van der Waals surface area contributed by atoms with Crippen LogP contribution in [-0.2, 0) is 18.9 Å². The van der Waals surface area contributed by atoms with Crippen LogP contribution in [0.4, 0.5) is 0 Å². The van der Waals surface area contributed by atoms with Gasteiger partial charge in [-0.2, -0.15) is 0 Å². The van der Waals surface area contributed by atoms with Crippen LogP contribution in [0.3, 0.4) is 0 Å². The smallest absolute Gasteiger partial charge is 0.187 e. The lowest BCUT2D eigenvalue weighted by atomic mass is 9.34. The van der Waals surface area contributed by atoms with Gasteiger partial charge in [0.15, 0.2) is 12.6 Å². The summed E-state index contributed by atoms with van der Waals surface area (Å²) in [6.45, 7) is 18.1. The first-order chi connectivity index (χ1) is 25.1. The van der Waals surface area contributed by atoms with E-state index in [0.717, 1.165) is 31.3 Å². The Morgan fingerprint density at radius 1 is 0.796 bits per heavy atom. The second-order valence-electron chi connectivity index (χ2n) is 19.8. The van der Waals surface area contributed by atoms with Crippen molar-refractivity contribution >= 4 is 0 Å². The van der Waals surface area contributed by atoms with Gasteiger partial charge in [0.1, 0.15) is 42.7 Å². The predicted octanol–water partition coefficient (Wildman–Crippen LogP) is 1.76. The van der Waals surface area contributed by atoms with E-state index in [1.165, 1.54) is 0 Å². The molecular formula is C41H70O13. The molecule has 2 aliphatic heterocycles. The normalized spacial score (nSPS) is 52.6. The van der Waals surface area contributed by atoms with Crippen molar-refractivity contribution in [1.82, 2.24) is 0 Å². The number of allylic oxidation sites excluding steroid dienone is 1. The Bertz CT molecular complexity index is 1350. The SMILES string of the molecule is C=C(C)CCC[C@@](C)(O[C@@H]1O[C@H](CO[C@@H]2O[C@@H](CO)[C@H](O)[C@H]2O)[C@@H](O)[C@H](O)[C@H]1O)[C@H]1CC[C@]2(C)[C@@H]1[C@H](O)C[C@@H]1[C@@]3(C)CC[C@H](O)C(C)(C)[C@@H]3[C@@H](O)C[C@]12C. The molecule has 13 heteroatoms. The van der Waals surface area contributed by atoms with Crippen molar-refractivity contribution in [3.05, 3.63) is 12.2 Å². The third-order valence-electron chi connectivity index (χ3n) is 16.3. The van der Waals surface area contributed by atoms with E-state index in [1.54, 1.807) is 0 Å². The van der Waals surface area contributed by atoms with Crippen LogP contribution in [0.25, 0.3) is 0 Å². The highest BCUT2D eigenvalue weighted by Gasteiger charge is 2.73. The van der Waals surface area contributed by atoms with E-state index < -0.39 is 91.2 Å². The van der Waals surface area contributed by atoms with Crippen molar-refractivity contribution in [3.63, 3.8) is 0 Å². The average Bonchev–Trinajstić information content (AvgIpc) is 3.61. The summed E-state index contributed by atoms with van der Waals surface area (Å²) in [5.74, 6) is -0.403. The minimum absolute atomic E-state index is 0.111. The predicted molar refractivity (Wildman–Crippen MR) is 196 cm³/mol. The second-order valence-corrected chi connectivity index (χ2v) is 19.8. The monoisotopic (exact) mass is 770 g/mol. The quantitative estimate of drug-likeness (QED) is 0.137. The van der Waals surface area contributed by atoms with Crippen molar-refractivity contribution in [2.24, 2.45) is 45.3 Å². The maximum Gasteiger partial charge on any atom is 0.187 e. The molecule has 0 aromatic rings. The largest absolute Gasteiger partial charge is 0.394 e. The van der Waals surface area contributed by atoms with E-state index in [0.29, 0.717) is 32.1 Å². The fraction of sp³-hybridized carbons (Fsp3) is 0.951. The fourth-order valence-corrected chi connectivity index (χ4v) is 13.3. The Morgan fingerprint density at radius 2 is 1.43 bits per heavy atom. The topological polar surface area (TPSA) is 219 Å². The molecule has 0 unspecified atom stereocenters. The Balaban J connectivity index is 1.27. The summed E-state index contributed by atoms with van der Waals surface area (Å²) in [4.78, 5) is 0. The van der Waals surface area contributed by atoms with Gasteiger partial charge >= 0.3 is 0 Å². The molecular weight excluding hydrogens is 700 g/mol. The highest BCUT2D eigenvalue weighted by molar-refractivity contribution is 5.21. The molecule has 4 saturated carbocycles. The van der Waals surface area contributed by atoms with Crippen molar-refractivity contribution in [1.29, 1.82) is 0 Å². The van der Waals surface area contributed by atoms with E-state index in [4.69, 9.17) is 18.9 Å². The number of hydrogen-bond acceptors (Lipinski definition) is 13. The number of ether oxygens (including phenoxy) is 4. The minimum atomic E-state index is -1.66. The highest BCUT2D eigenvalue weighted by Crippen LogP contribution is 2.76. The zero-order valence-corrected chi connectivity index (χ0v) is 33.4. The van der Waals surface area contributed by atoms with Gasteiger partial charge in [0.25, 0.3) is 0 Å². The van der Waals surface area contributed by atoms with Gasteiger partial charge in [-0.3, -0.25) is 0 Å². The van der Waals surface area contributed by atoms with Crippen LogP contribution in [0.1, 0.15) is 106 Å². The number of hydrogen-bond donors (Lipinski definition) is 9. The van der Waals surface area contributed by atoms with Crippen LogP contribution in [0.5, 0.6) is 0 Å². The Morgan fingerprint density at radius 3 is 2.06 bits per heavy atom. The van der Waals surface area contributed by atoms with Crippen molar-refractivity contribution < 1.29 is 64.9 Å². The summed E-state index contributed by atoms with van der Waals surface area (Å²) < 4.78 is 24.1. The Labute approximate surface area is 320 Å². The molecule has 4 aliphatic carbocycles.